The van der Waals surface area contributed by atoms with Crippen LogP contribution in [0.5, 0.6) is 0 Å². The summed E-state index contributed by atoms with van der Waals surface area (Å²) in [6.45, 7) is 7.22. The first-order chi connectivity index (χ1) is 12.5. The first-order valence-electron chi connectivity index (χ1n) is 8.49. The minimum absolute atomic E-state index is 0.00706. The van der Waals surface area contributed by atoms with Gasteiger partial charge in [-0.25, -0.2) is 4.98 Å². The molecule has 1 fully saturated rings. The monoisotopic (exact) mass is 368 g/mol. The van der Waals surface area contributed by atoms with Crippen LogP contribution >= 0.6 is 11.6 Å². The van der Waals surface area contributed by atoms with Crippen LogP contribution in [-0.4, -0.2) is 47.2 Å². The molecule has 7 heteroatoms. The van der Waals surface area contributed by atoms with Crippen LogP contribution in [0.1, 0.15) is 18.9 Å². The Labute approximate surface area is 156 Å². The summed E-state index contributed by atoms with van der Waals surface area (Å²) in [5.74, 6) is 1.52. The molecule has 1 aromatic carbocycles. The number of carbonyl (C=O) groups excluding carboxylic acids is 1. The van der Waals surface area contributed by atoms with E-state index in [9.17, 15) is 4.79 Å². The molecule has 1 atom stereocenters. The maximum atomic E-state index is 11.3. The first-order valence-corrected chi connectivity index (χ1v) is 8.87. The molecule has 2 aliphatic rings. The van der Waals surface area contributed by atoms with Gasteiger partial charge in [0.15, 0.2) is 5.69 Å². The van der Waals surface area contributed by atoms with Crippen molar-refractivity contribution in [3.8, 4) is 0 Å². The molecular formula is C19H19ClN5O+. The summed E-state index contributed by atoms with van der Waals surface area (Å²) in [6.07, 6.45) is 2.55. The number of amides is 1. The van der Waals surface area contributed by atoms with Crippen molar-refractivity contribution in [1.29, 1.82) is 0 Å². The zero-order chi connectivity index (χ0) is 18.3. The van der Waals surface area contributed by atoms with E-state index in [1.54, 1.807) is 17.7 Å². The molecule has 1 aromatic heterocycles. The van der Waals surface area contributed by atoms with E-state index in [4.69, 9.17) is 11.6 Å². The molecule has 0 bridgehead atoms. The smallest absolute Gasteiger partial charge is 0.337 e. The van der Waals surface area contributed by atoms with Gasteiger partial charge < -0.3 is 10.2 Å². The predicted molar refractivity (Wildman–Crippen MR) is 103 cm³/mol. The second kappa shape index (κ2) is 6.53. The highest BCUT2D eigenvalue weighted by atomic mass is 35.5. The zero-order valence-corrected chi connectivity index (χ0v) is 15.2. The third kappa shape index (κ3) is 2.97. The Bertz CT molecular complexity index is 939. The molecule has 0 spiro atoms. The van der Waals surface area contributed by atoms with Gasteiger partial charge >= 0.3 is 5.84 Å². The highest BCUT2D eigenvalue weighted by molar-refractivity contribution is 6.34. The molecule has 0 radical (unpaired) electrons. The number of para-hydroxylation sites is 2. The number of pyridine rings is 1. The fourth-order valence-electron chi connectivity index (χ4n) is 3.43. The molecule has 132 valence electrons. The predicted octanol–water partition coefficient (Wildman–Crippen LogP) is 2.89. The lowest BCUT2D eigenvalue weighted by molar-refractivity contribution is -0.287. The van der Waals surface area contributed by atoms with E-state index in [-0.39, 0.29) is 11.9 Å². The van der Waals surface area contributed by atoms with E-state index in [1.807, 2.05) is 30.3 Å². The molecular weight excluding hydrogens is 350 g/mol. The number of halogens is 1. The highest BCUT2D eigenvalue weighted by Crippen LogP contribution is 2.36. The minimum atomic E-state index is -0.00706. The molecule has 26 heavy (non-hydrogen) atoms. The van der Waals surface area contributed by atoms with Gasteiger partial charge in [0.1, 0.15) is 5.82 Å². The molecule has 0 saturated carbocycles. The van der Waals surface area contributed by atoms with Gasteiger partial charge in [0.25, 0.3) is 0 Å². The summed E-state index contributed by atoms with van der Waals surface area (Å²) < 4.78 is 1.80. The van der Waals surface area contributed by atoms with Crippen molar-refractivity contribution in [3.63, 3.8) is 0 Å². The van der Waals surface area contributed by atoms with Crippen LogP contribution in [0, 0.1) is 0 Å². The molecule has 4 rings (SSSR count). The van der Waals surface area contributed by atoms with Crippen molar-refractivity contribution in [2.45, 2.75) is 19.4 Å². The van der Waals surface area contributed by atoms with E-state index in [2.05, 4.69) is 26.9 Å². The minimum Gasteiger partial charge on any atom is -0.354 e. The number of nitrogens with zero attached hydrogens (tertiary/aromatic N) is 4. The van der Waals surface area contributed by atoms with E-state index in [1.165, 1.54) is 0 Å². The zero-order valence-electron chi connectivity index (χ0n) is 14.4. The van der Waals surface area contributed by atoms with Crippen LogP contribution in [0.3, 0.4) is 0 Å². The molecule has 1 amide bonds. The van der Waals surface area contributed by atoms with Crippen LogP contribution in [0.15, 0.2) is 41.5 Å². The number of nitrogens with one attached hydrogen (secondary N) is 1. The van der Waals surface area contributed by atoms with Crippen molar-refractivity contribution < 1.29 is 9.37 Å². The number of anilines is 1. The number of fused-ring (bicyclic) bond motifs is 1. The number of hydrogen-bond acceptors (Lipinski definition) is 4. The van der Waals surface area contributed by atoms with Crippen molar-refractivity contribution >= 4 is 47.3 Å². The number of rotatable bonds is 3. The number of benzene rings is 1. The topological polar surface area (TPSA) is 60.6 Å². The Kier molecular flexibility index (Phi) is 4.20. The Hall–Kier alpha value is -2.73. The maximum absolute atomic E-state index is 11.3. The van der Waals surface area contributed by atoms with Gasteiger partial charge in [-0.3, -0.25) is 4.79 Å². The van der Waals surface area contributed by atoms with E-state index in [0.717, 1.165) is 42.3 Å². The molecule has 2 aliphatic heterocycles. The average molecular weight is 369 g/mol. The third-order valence-corrected chi connectivity index (χ3v) is 4.96. The van der Waals surface area contributed by atoms with E-state index >= 15 is 0 Å². The summed E-state index contributed by atoms with van der Waals surface area (Å²) >= 11 is 6.42. The molecule has 6 nitrogen and oxygen atoms in total. The van der Waals surface area contributed by atoms with Gasteiger partial charge in [0, 0.05) is 32.3 Å². The van der Waals surface area contributed by atoms with Crippen molar-refractivity contribution in [2.75, 3.05) is 18.0 Å². The van der Waals surface area contributed by atoms with Crippen molar-refractivity contribution in [3.05, 3.63) is 47.1 Å². The van der Waals surface area contributed by atoms with E-state index in [0.29, 0.717) is 10.9 Å². The fourth-order valence-corrected chi connectivity index (χ4v) is 3.61. The average Bonchev–Trinajstić information content (AvgIpc) is 3.20. The van der Waals surface area contributed by atoms with Crippen LogP contribution in [-0.2, 0) is 4.79 Å². The molecule has 1 saturated heterocycles. The number of amidine groups is 1. The molecule has 1 unspecified atom stereocenters. The first kappa shape index (κ1) is 16.7. The summed E-state index contributed by atoms with van der Waals surface area (Å²) in [7, 11) is 0. The van der Waals surface area contributed by atoms with E-state index < -0.39 is 0 Å². The lowest BCUT2D eigenvalue weighted by Gasteiger charge is -2.18. The standard InChI is InChI=1S/C19H18ClN5O/c1-12(26)22-13-7-8-25(11-13)18-9-14(15(20)10-21-18)19-23-16-5-3-4-6-17(16)24(19)2/h3-6,9-10,13H,2,7-8,11H2,1H3/p+1. The quantitative estimate of drug-likeness (QED) is 0.847. The summed E-state index contributed by atoms with van der Waals surface area (Å²) in [4.78, 5) is 22.6. The van der Waals surface area contributed by atoms with Crippen LogP contribution in [0.4, 0.5) is 17.2 Å². The normalized spacial score (nSPS) is 18.7. The van der Waals surface area contributed by atoms with Crippen molar-refractivity contribution in [1.82, 2.24) is 10.3 Å². The van der Waals surface area contributed by atoms with Gasteiger partial charge in [0.2, 0.25) is 11.6 Å². The highest BCUT2D eigenvalue weighted by Gasteiger charge is 2.32. The number of aliphatic imine (C=N–C) groups is 1. The molecule has 3 heterocycles. The maximum Gasteiger partial charge on any atom is 0.337 e. The summed E-state index contributed by atoms with van der Waals surface area (Å²) in [6, 6.07) is 9.93. The Morgan fingerprint density at radius 3 is 3.00 bits per heavy atom. The lowest BCUT2D eigenvalue weighted by atomic mass is 10.2. The van der Waals surface area contributed by atoms with Crippen LogP contribution in [0.2, 0.25) is 5.02 Å². The Morgan fingerprint density at radius 2 is 2.23 bits per heavy atom. The van der Waals surface area contributed by atoms with Gasteiger partial charge in [0.05, 0.1) is 17.3 Å². The largest absolute Gasteiger partial charge is 0.354 e. The number of hydrogen-bond donors (Lipinski definition) is 1. The van der Waals surface area contributed by atoms with Gasteiger partial charge in [-0.1, -0.05) is 23.7 Å². The molecule has 0 aliphatic carbocycles. The Morgan fingerprint density at radius 1 is 1.42 bits per heavy atom. The van der Waals surface area contributed by atoms with Crippen molar-refractivity contribution in [2.24, 2.45) is 4.99 Å². The van der Waals surface area contributed by atoms with Gasteiger partial charge in [-0.15, -0.1) is 0 Å². The Balaban J connectivity index is 1.63. The second-order valence-electron chi connectivity index (χ2n) is 6.51. The van der Waals surface area contributed by atoms with Crippen LogP contribution < -0.4 is 10.2 Å². The summed E-state index contributed by atoms with van der Waals surface area (Å²) in [5.41, 5.74) is 2.62. The third-order valence-electron chi connectivity index (χ3n) is 4.66. The molecule has 2 aromatic rings. The second-order valence-corrected chi connectivity index (χ2v) is 6.91. The van der Waals surface area contributed by atoms with Gasteiger partial charge in [-0.2, -0.15) is 4.58 Å². The van der Waals surface area contributed by atoms with Crippen LogP contribution in [0.25, 0.3) is 0 Å². The lowest BCUT2D eigenvalue weighted by Crippen LogP contribution is -2.35. The van der Waals surface area contributed by atoms with Gasteiger partial charge in [-0.05, 0) is 29.6 Å². The number of aromatic nitrogens is 1. The molecule has 1 N–H and O–H groups in total. The summed E-state index contributed by atoms with van der Waals surface area (Å²) in [5, 5.41) is 3.50. The SMILES string of the molecule is C=[N+]1C(c2cc(N3CCC(NC(C)=O)C3)ncc2Cl)=Nc2ccccc21. The number of carbonyl (C=O) groups is 1. The fraction of sp³-hybridized carbons (Fsp3) is 0.263.